The maximum absolute atomic E-state index is 11.3. The van der Waals surface area contributed by atoms with Crippen LogP contribution < -0.4 is 13.5 Å². The normalized spacial score (nSPS) is 12.4. The Bertz CT molecular complexity index is 1130. The first kappa shape index (κ1) is 22.3. The van der Waals surface area contributed by atoms with E-state index in [0.717, 1.165) is 11.6 Å². The van der Waals surface area contributed by atoms with Gasteiger partial charge in [-0.3, -0.25) is 9.56 Å². The van der Waals surface area contributed by atoms with Gasteiger partial charge in [-0.1, -0.05) is 29.5 Å². The fraction of sp³-hybridized carbons (Fsp3) is 0.125. The lowest BCUT2D eigenvalue weighted by Crippen LogP contribution is -2.19. The van der Waals surface area contributed by atoms with Crippen molar-refractivity contribution in [3.8, 4) is 11.5 Å². The molecule has 0 atom stereocenters. The van der Waals surface area contributed by atoms with Crippen LogP contribution in [0.25, 0.3) is 12.2 Å². The monoisotopic (exact) mass is 442 g/mol. The van der Waals surface area contributed by atoms with E-state index in [2.05, 4.69) is 18.7 Å². The van der Waals surface area contributed by atoms with Crippen molar-refractivity contribution >= 4 is 38.5 Å². The molecule has 0 aromatic heterocycles. The number of rotatable bonds is 8. The molecule has 0 aliphatic carbocycles. The second-order valence-corrected chi connectivity index (χ2v) is 7.92. The second-order valence-electron chi connectivity index (χ2n) is 5.75. The topological polar surface area (TPSA) is 161 Å². The Balaban J connectivity index is 2.30. The van der Waals surface area contributed by atoms with Crippen LogP contribution >= 0.6 is 0 Å². The van der Waals surface area contributed by atoms with Gasteiger partial charge in [-0.2, -0.15) is 22.0 Å². The Morgan fingerprint density at radius 2 is 1.66 bits per heavy atom. The summed E-state index contributed by atoms with van der Waals surface area (Å²) in [6.45, 7) is 0. The zero-order valence-electron chi connectivity index (χ0n) is 15.3. The Kier molecular flexibility index (Phi) is 6.92. The molecule has 156 valence electrons. The van der Waals surface area contributed by atoms with E-state index < -0.39 is 20.7 Å². The summed E-state index contributed by atoms with van der Waals surface area (Å²) in [5.74, 6) is -0.653. The van der Waals surface area contributed by atoms with Crippen LogP contribution in [0.1, 0.15) is 11.1 Å². The molecule has 0 radical (unpaired) electrons. The molecule has 29 heavy (non-hydrogen) atoms. The van der Waals surface area contributed by atoms with E-state index in [-0.39, 0.29) is 17.1 Å². The molecule has 11 nitrogen and oxygen atoms in total. The average molecular weight is 442 g/mol. The molecular formula is C16H18N4O7S2. The number of benzene rings is 2. The van der Waals surface area contributed by atoms with Crippen LogP contribution in [0, 0.1) is 0 Å². The molecule has 13 heteroatoms. The van der Waals surface area contributed by atoms with E-state index >= 15 is 0 Å². The largest absolute Gasteiger partial charge is 0.446 e. The first-order valence-corrected chi connectivity index (χ1v) is 10.7. The second kappa shape index (κ2) is 9.00. The van der Waals surface area contributed by atoms with Gasteiger partial charge in [0, 0.05) is 25.7 Å². The first-order chi connectivity index (χ1) is 13.4. The fourth-order valence-corrected chi connectivity index (χ4v) is 2.74. The molecule has 0 aliphatic rings. The van der Waals surface area contributed by atoms with Gasteiger partial charge in [0.1, 0.15) is 5.75 Å². The van der Waals surface area contributed by atoms with Crippen molar-refractivity contribution in [3.05, 3.63) is 53.6 Å². The molecule has 0 saturated heterocycles. The van der Waals surface area contributed by atoms with Gasteiger partial charge in [0.05, 0.1) is 5.69 Å². The highest BCUT2D eigenvalue weighted by Gasteiger charge is 2.14. The van der Waals surface area contributed by atoms with E-state index in [1.807, 2.05) is 0 Å². The van der Waals surface area contributed by atoms with E-state index in [1.165, 1.54) is 18.2 Å². The van der Waals surface area contributed by atoms with E-state index in [9.17, 15) is 16.8 Å². The molecule has 0 saturated carbocycles. The molecule has 0 fully saturated rings. The fourth-order valence-electron chi connectivity index (χ4n) is 2.00. The minimum absolute atomic E-state index is 0.262. The molecule has 0 bridgehead atoms. The third-order valence-corrected chi connectivity index (χ3v) is 3.89. The van der Waals surface area contributed by atoms with Gasteiger partial charge >= 0.3 is 20.7 Å². The molecule has 2 rings (SSSR count). The van der Waals surface area contributed by atoms with Gasteiger partial charge < -0.3 is 8.37 Å². The third kappa shape index (κ3) is 8.27. The summed E-state index contributed by atoms with van der Waals surface area (Å²) >= 11 is 0. The molecule has 0 unspecified atom stereocenters. The predicted octanol–water partition coefficient (Wildman–Crippen LogP) is 2.18. The number of nitrogens with two attached hydrogens (primary N) is 1. The molecule has 0 amide bonds. The van der Waals surface area contributed by atoms with E-state index in [1.54, 1.807) is 49.4 Å². The number of nitrogens with zero attached hydrogens (tertiary/aromatic N) is 3. The summed E-state index contributed by atoms with van der Waals surface area (Å²) < 4.78 is 61.9. The minimum atomic E-state index is -4.79. The maximum atomic E-state index is 11.3. The summed E-state index contributed by atoms with van der Waals surface area (Å²) in [5, 5.41) is 14.3. The molecule has 0 heterocycles. The molecule has 2 aromatic rings. The van der Waals surface area contributed by atoms with Crippen molar-refractivity contribution in [3.63, 3.8) is 0 Å². The third-order valence-electron chi connectivity index (χ3n) is 3.08. The van der Waals surface area contributed by atoms with E-state index in [4.69, 9.17) is 9.69 Å². The van der Waals surface area contributed by atoms with Crippen LogP contribution in [0.3, 0.4) is 0 Å². The lowest BCUT2D eigenvalue weighted by molar-refractivity contribution is 0.386. The highest BCUT2D eigenvalue weighted by atomic mass is 32.3. The van der Waals surface area contributed by atoms with Crippen molar-refractivity contribution in [1.82, 2.24) is 5.01 Å². The number of hydrogen-bond acceptors (Lipinski definition) is 8. The quantitative estimate of drug-likeness (QED) is 0.272. The van der Waals surface area contributed by atoms with Crippen LogP contribution in [-0.4, -0.2) is 40.5 Å². The van der Waals surface area contributed by atoms with E-state index in [0.29, 0.717) is 5.69 Å². The summed E-state index contributed by atoms with van der Waals surface area (Å²) in [6.07, 6.45) is 3.18. The Labute approximate surface area is 168 Å². The zero-order chi connectivity index (χ0) is 21.7. The van der Waals surface area contributed by atoms with Crippen LogP contribution in [0.5, 0.6) is 11.5 Å². The highest BCUT2D eigenvalue weighted by molar-refractivity contribution is 7.84. The van der Waals surface area contributed by atoms with Crippen LogP contribution in [-0.2, 0) is 20.7 Å². The minimum Gasteiger partial charge on any atom is -0.370 e. The van der Waals surface area contributed by atoms with Gasteiger partial charge in [-0.25, -0.2) is 0 Å². The summed E-state index contributed by atoms with van der Waals surface area (Å²) in [6, 6.07) is 10.5. The molecule has 0 spiro atoms. The Hall–Kier alpha value is -3.00. The molecule has 0 aliphatic heterocycles. The zero-order valence-corrected chi connectivity index (χ0v) is 17.0. The van der Waals surface area contributed by atoms with Crippen LogP contribution in [0.2, 0.25) is 0 Å². The SMILES string of the molecule is CN(C)N=Nc1ccc(C=Cc2ccc(OS(=O)(=O)O)cc2OS(N)(=O)=O)cc1. The van der Waals surface area contributed by atoms with Gasteiger partial charge in [0.15, 0.2) is 5.75 Å². The Morgan fingerprint density at radius 1 is 1.00 bits per heavy atom. The standard InChI is InChI=1S/C16H18N4O7S2/c1-20(2)19-18-14-8-4-12(5-9-14)3-6-13-7-10-15(26-29(23,24)25)11-16(13)27-28(17,21)22/h3-11H,1-2H3,(H2,17,21,22)(H,23,24,25). The van der Waals surface area contributed by atoms with Gasteiger partial charge in [0.2, 0.25) is 0 Å². The smallest absolute Gasteiger partial charge is 0.370 e. The van der Waals surface area contributed by atoms with Crippen molar-refractivity contribution in [2.45, 2.75) is 0 Å². The summed E-state index contributed by atoms with van der Waals surface area (Å²) in [7, 11) is -5.70. The summed E-state index contributed by atoms with van der Waals surface area (Å²) in [4.78, 5) is 0. The molecule has 3 N–H and O–H groups in total. The van der Waals surface area contributed by atoms with Crippen molar-refractivity contribution in [1.29, 1.82) is 0 Å². The maximum Gasteiger partial charge on any atom is 0.446 e. The molecular weight excluding hydrogens is 424 g/mol. The summed E-state index contributed by atoms with van der Waals surface area (Å²) in [5.41, 5.74) is 1.66. The molecule has 2 aromatic carbocycles. The lowest BCUT2D eigenvalue weighted by atomic mass is 10.1. The first-order valence-electron chi connectivity index (χ1n) is 7.81. The lowest BCUT2D eigenvalue weighted by Gasteiger charge is -2.09. The van der Waals surface area contributed by atoms with Gasteiger partial charge in [-0.15, -0.1) is 5.11 Å². The van der Waals surface area contributed by atoms with Crippen molar-refractivity contribution in [2.24, 2.45) is 15.5 Å². The van der Waals surface area contributed by atoms with Crippen molar-refractivity contribution < 1.29 is 29.8 Å². The van der Waals surface area contributed by atoms with Crippen LogP contribution in [0.4, 0.5) is 5.69 Å². The average Bonchev–Trinajstić information content (AvgIpc) is 2.57. The van der Waals surface area contributed by atoms with Gasteiger partial charge in [-0.05, 0) is 29.8 Å². The van der Waals surface area contributed by atoms with Crippen LogP contribution in [0.15, 0.2) is 52.8 Å². The van der Waals surface area contributed by atoms with Crippen molar-refractivity contribution in [2.75, 3.05) is 14.1 Å². The highest BCUT2D eigenvalue weighted by Crippen LogP contribution is 2.28. The number of hydrogen-bond donors (Lipinski definition) is 2. The Morgan fingerprint density at radius 3 is 2.21 bits per heavy atom. The predicted molar refractivity (Wildman–Crippen MR) is 106 cm³/mol. The van der Waals surface area contributed by atoms with Gasteiger partial charge in [0.25, 0.3) is 0 Å².